The van der Waals surface area contributed by atoms with Gasteiger partial charge >= 0.3 is 5.97 Å². The summed E-state index contributed by atoms with van der Waals surface area (Å²) in [6, 6.07) is 6.15. The molecule has 0 N–H and O–H groups in total. The molecule has 0 spiro atoms. The van der Waals surface area contributed by atoms with Gasteiger partial charge in [0.25, 0.3) is 0 Å². The topological polar surface area (TPSA) is 26.3 Å². The molecule has 76 valence electrons. The molecular formula is C11H13FO2. The van der Waals surface area contributed by atoms with Gasteiger partial charge in [-0.3, -0.25) is 4.79 Å². The number of ether oxygens (including phenoxy) is 1. The second-order valence-corrected chi connectivity index (χ2v) is 3.23. The predicted octanol–water partition coefficient (Wildman–Crippen LogP) is 2.49. The molecule has 0 radical (unpaired) electrons. The molecule has 0 aliphatic heterocycles. The number of halogens is 1. The lowest BCUT2D eigenvalue weighted by atomic mass is 9.98. The molecule has 1 atom stereocenters. The molecule has 0 amide bonds. The first-order valence-corrected chi connectivity index (χ1v) is 4.45. The van der Waals surface area contributed by atoms with Gasteiger partial charge in [-0.25, -0.2) is 4.39 Å². The highest BCUT2D eigenvalue weighted by molar-refractivity contribution is 5.70. The van der Waals surface area contributed by atoms with Crippen molar-refractivity contribution in [2.75, 3.05) is 7.11 Å². The van der Waals surface area contributed by atoms with E-state index in [2.05, 4.69) is 4.74 Å². The summed E-state index contributed by atoms with van der Waals surface area (Å²) in [6.45, 7) is 1.91. The molecule has 0 aromatic heterocycles. The SMILES string of the molecule is COC(=O)CC(C)c1ccc(F)cc1. The Bertz CT molecular complexity index is 306. The monoisotopic (exact) mass is 196 g/mol. The van der Waals surface area contributed by atoms with E-state index in [0.717, 1.165) is 5.56 Å². The quantitative estimate of drug-likeness (QED) is 0.694. The highest BCUT2D eigenvalue weighted by atomic mass is 19.1. The summed E-state index contributed by atoms with van der Waals surface area (Å²) in [7, 11) is 1.36. The Balaban J connectivity index is 2.65. The van der Waals surface area contributed by atoms with Gasteiger partial charge < -0.3 is 4.74 Å². The fourth-order valence-electron chi connectivity index (χ4n) is 1.24. The number of hydrogen-bond acceptors (Lipinski definition) is 2. The maximum Gasteiger partial charge on any atom is 0.306 e. The number of carbonyl (C=O) groups is 1. The first-order chi connectivity index (χ1) is 6.63. The van der Waals surface area contributed by atoms with E-state index in [9.17, 15) is 9.18 Å². The Kier molecular flexibility index (Phi) is 3.63. The van der Waals surface area contributed by atoms with E-state index >= 15 is 0 Å². The minimum atomic E-state index is -0.265. The number of benzene rings is 1. The number of esters is 1. The molecule has 0 aliphatic carbocycles. The minimum absolute atomic E-state index is 0.0584. The zero-order chi connectivity index (χ0) is 10.6. The van der Waals surface area contributed by atoms with E-state index in [-0.39, 0.29) is 17.7 Å². The van der Waals surface area contributed by atoms with Gasteiger partial charge in [0.1, 0.15) is 5.82 Å². The Morgan fingerprint density at radius 1 is 1.43 bits per heavy atom. The molecule has 0 aliphatic rings. The lowest BCUT2D eigenvalue weighted by Crippen LogP contribution is -2.05. The summed E-state index contributed by atoms with van der Waals surface area (Å²) in [5, 5.41) is 0. The Hall–Kier alpha value is -1.38. The van der Waals surface area contributed by atoms with E-state index in [1.54, 1.807) is 12.1 Å². The molecule has 14 heavy (non-hydrogen) atoms. The van der Waals surface area contributed by atoms with Gasteiger partial charge in [-0.2, -0.15) is 0 Å². The molecule has 0 saturated carbocycles. The average molecular weight is 196 g/mol. The van der Waals surface area contributed by atoms with Crippen molar-refractivity contribution < 1.29 is 13.9 Å². The van der Waals surface area contributed by atoms with E-state index in [4.69, 9.17) is 0 Å². The lowest BCUT2D eigenvalue weighted by Gasteiger charge is -2.09. The Morgan fingerprint density at radius 2 is 2.00 bits per heavy atom. The lowest BCUT2D eigenvalue weighted by molar-refractivity contribution is -0.140. The number of hydrogen-bond donors (Lipinski definition) is 0. The predicted molar refractivity (Wildman–Crippen MR) is 51.4 cm³/mol. The maximum absolute atomic E-state index is 12.6. The van der Waals surface area contributed by atoms with Gasteiger partial charge in [0, 0.05) is 0 Å². The molecular weight excluding hydrogens is 183 g/mol. The molecule has 0 saturated heterocycles. The first kappa shape index (κ1) is 10.7. The van der Waals surface area contributed by atoms with Gasteiger partial charge in [-0.15, -0.1) is 0 Å². The van der Waals surface area contributed by atoms with Crippen LogP contribution in [0.3, 0.4) is 0 Å². The minimum Gasteiger partial charge on any atom is -0.469 e. The van der Waals surface area contributed by atoms with Crippen molar-refractivity contribution in [1.29, 1.82) is 0 Å². The van der Waals surface area contributed by atoms with Crippen LogP contribution in [0.1, 0.15) is 24.8 Å². The first-order valence-electron chi connectivity index (χ1n) is 4.45. The summed E-state index contributed by atoms with van der Waals surface area (Å²) < 4.78 is 17.1. The molecule has 1 aromatic carbocycles. The van der Waals surface area contributed by atoms with Gasteiger partial charge in [-0.1, -0.05) is 19.1 Å². The molecule has 3 heteroatoms. The van der Waals surface area contributed by atoms with E-state index in [0.29, 0.717) is 6.42 Å². The second-order valence-electron chi connectivity index (χ2n) is 3.23. The van der Waals surface area contributed by atoms with Crippen LogP contribution in [-0.4, -0.2) is 13.1 Å². The number of carbonyl (C=O) groups excluding carboxylic acids is 1. The fourth-order valence-corrected chi connectivity index (χ4v) is 1.24. The van der Waals surface area contributed by atoms with Crippen LogP contribution in [0, 0.1) is 5.82 Å². The van der Waals surface area contributed by atoms with Crippen molar-refractivity contribution in [3.63, 3.8) is 0 Å². The van der Waals surface area contributed by atoms with Crippen LogP contribution in [0.5, 0.6) is 0 Å². The third kappa shape index (κ3) is 2.83. The van der Waals surface area contributed by atoms with Crippen molar-refractivity contribution in [2.24, 2.45) is 0 Å². The second kappa shape index (κ2) is 4.74. The standard InChI is InChI=1S/C11H13FO2/c1-8(7-11(13)14-2)9-3-5-10(12)6-4-9/h3-6,8H,7H2,1-2H3. The van der Waals surface area contributed by atoms with Gasteiger partial charge in [-0.05, 0) is 23.6 Å². The van der Waals surface area contributed by atoms with Gasteiger partial charge in [0.2, 0.25) is 0 Å². The molecule has 0 bridgehead atoms. The van der Waals surface area contributed by atoms with Crippen molar-refractivity contribution in [1.82, 2.24) is 0 Å². The summed E-state index contributed by atoms with van der Waals surface area (Å²) in [4.78, 5) is 11.0. The van der Waals surface area contributed by atoms with Crippen molar-refractivity contribution in [3.8, 4) is 0 Å². The summed E-state index contributed by atoms with van der Waals surface area (Å²) >= 11 is 0. The van der Waals surface area contributed by atoms with Gasteiger partial charge in [0.05, 0.1) is 13.5 Å². The molecule has 2 nitrogen and oxygen atoms in total. The number of methoxy groups -OCH3 is 1. The van der Waals surface area contributed by atoms with Crippen LogP contribution >= 0.6 is 0 Å². The molecule has 1 rings (SSSR count). The molecule has 0 fully saturated rings. The van der Waals surface area contributed by atoms with Crippen LogP contribution in [0.4, 0.5) is 4.39 Å². The molecule has 0 heterocycles. The largest absolute Gasteiger partial charge is 0.469 e. The van der Waals surface area contributed by atoms with Crippen LogP contribution in [0.2, 0.25) is 0 Å². The maximum atomic E-state index is 12.6. The third-order valence-corrected chi connectivity index (χ3v) is 2.14. The zero-order valence-electron chi connectivity index (χ0n) is 8.29. The fraction of sp³-hybridized carbons (Fsp3) is 0.364. The number of rotatable bonds is 3. The summed E-state index contributed by atoms with van der Waals surface area (Å²) in [6.07, 6.45) is 0.322. The van der Waals surface area contributed by atoms with Crippen LogP contribution in [0.25, 0.3) is 0 Å². The Labute approximate surface area is 82.7 Å². The van der Waals surface area contributed by atoms with Crippen molar-refractivity contribution in [2.45, 2.75) is 19.3 Å². The van der Waals surface area contributed by atoms with E-state index in [1.165, 1.54) is 19.2 Å². The van der Waals surface area contributed by atoms with Crippen LogP contribution < -0.4 is 0 Å². The van der Waals surface area contributed by atoms with Crippen molar-refractivity contribution in [3.05, 3.63) is 35.6 Å². The highest BCUT2D eigenvalue weighted by Crippen LogP contribution is 2.19. The van der Waals surface area contributed by atoms with E-state index < -0.39 is 0 Å². The summed E-state index contributed by atoms with van der Waals surface area (Å²) in [5.41, 5.74) is 0.941. The molecule has 1 aromatic rings. The third-order valence-electron chi connectivity index (χ3n) is 2.14. The summed E-state index contributed by atoms with van der Waals surface area (Å²) in [5.74, 6) is -0.455. The Morgan fingerprint density at radius 3 is 2.50 bits per heavy atom. The normalized spacial score (nSPS) is 12.2. The van der Waals surface area contributed by atoms with Crippen molar-refractivity contribution >= 4 is 5.97 Å². The average Bonchev–Trinajstić information content (AvgIpc) is 2.18. The van der Waals surface area contributed by atoms with Crippen LogP contribution in [0.15, 0.2) is 24.3 Å². The highest BCUT2D eigenvalue weighted by Gasteiger charge is 2.10. The van der Waals surface area contributed by atoms with Gasteiger partial charge in [0.15, 0.2) is 0 Å². The van der Waals surface area contributed by atoms with E-state index in [1.807, 2.05) is 6.92 Å². The smallest absolute Gasteiger partial charge is 0.306 e. The van der Waals surface area contributed by atoms with Crippen LogP contribution in [-0.2, 0) is 9.53 Å². The molecule has 1 unspecified atom stereocenters. The zero-order valence-corrected chi connectivity index (χ0v) is 8.29.